The van der Waals surface area contributed by atoms with E-state index in [1.54, 1.807) is 78.9 Å². The number of carbonyl (C=O) groups excluding carboxylic acids is 2. The predicted molar refractivity (Wildman–Crippen MR) is 479 cm³/mol. The highest BCUT2D eigenvalue weighted by Crippen LogP contribution is 2.38. The molecule has 15 aromatic heterocycles. The number of nitriles is 8. The Morgan fingerprint density at radius 2 is 0.718 bits per heavy atom. The van der Waals surface area contributed by atoms with Gasteiger partial charge in [0.2, 0.25) is 35.3 Å². The van der Waals surface area contributed by atoms with E-state index in [-0.39, 0.29) is 165 Å². The number of azo groups is 5. The van der Waals surface area contributed by atoms with Gasteiger partial charge in [0, 0.05) is 92.3 Å². The van der Waals surface area contributed by atoms with Crippen molar-refractivity contribution in [1.82, 2.24) is 122 Å². The Labute approximate surface area is 787 Å². The van der Waals surface area contributed by atoms with Crippen molar-refractivity contribution < 1.29 is 35.1 Å². The van der Waals surface area contributed by atoms with E-state index in [1.807, 2.05) is 41.4 Å². The van der Waals surface area contributed by atoms with E-state index < -0.39 is 80.4 Å². The zero-order valence-electron chi connectivity index (χ0n) is 73.3. The van der Waals surface area contributed by atoms with E-state index in [0.717, 1.165) is 24.6 Å². The number of rotatable bonds is 18. The number of carbonyl (C=O) groups is 2. The van der Waals surface area contributed by atoms with Gasteiger partial charge in [0.05, 0.1) is 31.0 Å². The predicted octanol–water partition coefficient (Wildman–Crippen LogP) is 6.05. The fraction of sp³-hybridized carbons (Fsp3) is 0.0843. The van der Waals surface area contributed by atoms with Gasteiger partial charge in [-0.05, 0) is 63.6 Å². The van der Waals surface area contributed by atoms with Crippen LogP contribution >= 0.6 is 0 Å². The first-order chi connectivity index (χ1) is 68.2. The van der Waals surface area contributed by atoms with E-state index >= 15 is 0 Å². The SMILES string of the molecule is Cc1c(C#N)c(O)[nH]c(=O)c1N=Nc1c(C#N)cnn1-c1ncccn1.Cc1c(C#N)c(O)n(C)c(=O)c1N=Nc1c(C#N)cnn1-c1ncccn1.Cc1c(C#N)c(O)n(C)c(=O)c1N=Nc1c(C(N)=O)cnn1-c1ccccn1.Cc1c(C(N)=O)c(O)n(C)c(=O)c1N=Nc1c(C#N)cnn1-c1nc(=O)[nH]c(=O)[nH]1.N#Cc1cnn(-c2ncccn2)c1N=Nc1c(-c2ccccc2)c(C#N)c(O)[nH]c1=O. The zero-order valence-corrected chi connectivity index (χ0v) is 73.3. The van der Waals surface area contributed by atoms with Gasteiger partial charge in [-0.1, -0.05) is 36.4 Å². The molecule has 1 aromatic carbocycles. The third kappa shape index (κ3) is 20.2. The number of hydrogen-bond acceptors (Lipinski definition) is 45. The van der Waals surface area contributed by atoms with Gasteiger partial charge in [-0.25, -0.2) is 44.5 Å². The summed E-state index contributed by atoms with van der Waals surface area (Å²) < 4.78 is 8.21. The Morgan fingerprint density at radius 1 is 0.359 bits per heavy atom. The minimum atomic E-state index is -0.995. The number of nitrogens with one attached hydrogen (secondary N) is 4. The number of nitrogens with two attached hydrogens (primary N) is 2. The smallest absolute Gasteiger partial charge is 0.352 e. The molecule has 0 atom stereocenters. The number of amides is 2. The molecule has 0 aliphatic rings. The van der Waals surface area contributed by atoms with Crippen molar-refractivity contribution in [3.8, 4) is 119 Å². The lowest BCUT2D eigenvalue weighted by molar-refractivity contribution is 0.0989. The van der Waals surface area contributed by atoms with E-state index in [1.165, 1.54) is 136 Å². The molecule has 0 saturated carbocycles. The lowest BCUT2D eigenvalue weighted by atomic mass is 10.0. The second-order valence-electron chi connectivity index (χ2n) is 27.8. The topological polar surface area (TPSA) is 891 Å². The van der Waals surface area contributed by atoms with E-state index in [4.69, 9.17) is 16.7 Å². The Hall–Kier alpha value is -23.1. The number of H-pyrrole nitrogens is 4. The van der Waals surface area contributed by atoms with Gasteiger partial charge in [0.15, 0.2) is 63.3 Å². The number of nitrogens with zero attached hydrogens (tertiary/aromatic N) is 39. The average molecular weight is 1910 g/mol. The molecule has 59 heteroatoms. The van der Waals surface area contributed by atoms with E-state index in [2.05, 4.69) is 131 Å². The molecule has 0 saturated heterocycles. The summed E-state index contributed by atoms with van der Waals surface area (Å²) in [5, 5.41) is 183. The lowest BCUT2D eigenvalue weighted by Gasteiger charge is -2.10. The van der Waals surface area contributed by atoms with Gasteiger partial charge in [-0.3, -0.25) is 67.2 Å². The molecule has 16 rings (SSSR count). The molecule has 0 bridgehead atoms. The number of aromatic hydroxyl groups is 5. The van der Waals surface area contributed by atoms with Crippen LogP contribution in [0.3, 0.4) is 0 Å². The molecule has 142 heavy (non-hydrogen) atoms. The third-order valence-electron chi connectivity index (χ3n) is 19.3. The molecule has 0 radical (unpaired) electrons. The minimum absolute atomic E-state index is 0.00121. The Bertz CT molecular complexity index is 8710. The number of hydrogen-bond donors (Lipinski definition) is 11. The fourth-order valence-corrected chi connectivity index (χ4v) is 12.2. The van der Waals surface area contributed by atoms with Gasteiger partial charge in [-0.15, -0.1) is 51.1 Å². The van der Waals surface area contributed by atoms with Crippen LogP contribution in [0.15, 0.2) is 226 Å². The highest BCUT2D eigenvalue weighted by molar-refractivity contribution is 5.98. The first kappa shape index (κ1) is 97.9. The molecule has 16 aromatic rings. The standard InChI is InChI=1S/C20H11N9O2.C17H14N8O3.C16H11N9O2.C15H12N10O5.C15H9N9O2/c21-9-13-11-25-29(20-23-7-4-8-24-20)17(13)28-27-16-15(12-5-2-1-3-6-12)14(10-22)18(30)26-19(16)31;1-9-10(7-18)16(27)24(2)17(28)13(9)22-23-15-11(14(19)26)8-21-25(15)12-5-3-4-6-20-12;1-9-11(7-18)14(26)24(2)15(27)12(9)22-23-13-10(6-17)8-21-25(13)16-19-4-3-5-20-16;1-5-7(9(17)26)11(27)24(2)12(28)8(5)22-23-10-6(3-16)4-18-25(10)13-19-14(29)21-15(30)20-13;1-8-10(6-17)13(25)21-14(26)11(8)22-23-12-9(5-16)7-20-24(12)15-18-3-2-4-19-15/h1-8,11H,(H2,26,30,31);3-6,8,27H,1-2H3,(H2,19,26);3-5,8,26H,1-2H3;4,27H,1-2H3,(H2,17,26)(H2,19,20,21,29,30);2-4,7H,1H3,(H2,21,25,26). The van der Waals surface area contributed by atoms with Crippen molar-refractivity contribution in [2.45, 2.75) is 27.7 Å². The van der Waals surface area contributed by atoms with Crippen molar-refractivity contribution in [2.24, 2.45) is 83.8 Å². The van der Waals surface area contributed by atoms with Crippen LogP contribution in [0.25, 0.3) is 40.7 Å². The van der Waals surface area contributed by atoms with Crippen LogP contribution in [0.1, 0.15) is 87.5 Å². The summed E-state index contributed by atoms with van der Waals surface area (Å²) in [7, 11) is 3.79. The monoisotopic (exact) mass is 1910 g/mol. The van der Waals surface area contributed by atoms with Crippen molar-refractivity contribution in [3.63, 3.8) is 0 Å². The van der Waals surface area contributed by atoms with Crippen LogP contribution in [0.5, 0.6) is 29.4 Å². The van der Waals surface area contributed by atoms with E-state index in [0.29, 0.717) is 11.4 Å². The Kier molecular flexibility index (Phi) is 29.5. The number of primary amides is 2. The van der Waals surface area contributed by atoms with Crippen molar-refractivity contribution >= 4 is 69.3 Å². The van der Waals surface area contributed by atoms with E-state index in [9.17, 15) is 106 Å². The maximum Gasteiger partial charge on any atom is 0.352 e. The Morgan fingerprint density at radius 3 is 1.12 bits per heavy atom. The summed E-state index contributed by atoms with van der Waals surface area (Å²) in [5.41, 5.74) is 4.43. The van der Waals surface area contributed by atoms with Crippen LogP contribution < -0.4 is 50.6 Å². The molecule has 0 spiro atoms. The largest absolute Gasteiger partial charge is 0.494 e. The van der Waals surface area contributed by atoms with Crippen molar-refractivity contribution in [3.05, 3.63) is 292 Å². The molecule has 0 fully saturated rings. The first-order valence-electron chi connectivity index (χ1n) is 39.2. The van der Waals surface area contributed by atoms with Crippen LogP contribution in [-0.4, -0.2) is 160 Å². The summed E-state index contributed by atoms with van der Waals surface area (Å²) in [4.78, 5) is 148. The van der Waals surface area contributed by atoms with Crippen molar-refractivity contribution in [2.75, 3.05) is 0 Å². The van der Waals surface area contributed by atoms with Crippen LogP contribution in [0, 0.1) is 118 Å². The molecule has 698 valence electrons. The van der Waals surface area contributed by atoms with Gasteiger partial charge < -0.3 is 37.0 Å². The number of benzene rings is 1. The summed E-state index contributed by atoms with van der Waals surface area (Å²) in [5.74, 6) is -4.24. The quantitative estimate of drug-likeness (QED) is 0.0436. The molecule has 2 amide bonds. The molecule has 15 heterocycles. The number of aromatic nitrogens is 25. The number of aromatic amines is 4. The van der Waals surface area contributed by atoms with Gasteiger partial charge in [0.25, 0.3) is 57.5 Å². The average Bonchev–Trinajstić information content (AvgIpc) is 0.867. The maximum absolute atomic E-state index is 12.6. The summed E-state index contributed by atoms with van der Waals surface area (Å²) in [6.45, 7) is 5.70. The second-order valence-corrected chi connectivity index (χ2v) is 27.8. The summed E-state index contributed by atoms with van der Waals surface area (Å²) in [6.07, 6.45) is 16.6. The van der Waals surface area contributed by atoms with Crippen LogP contribution in [0.4, 0.5) is 57.5 Å². The first-order valence-corrected chi connectivity index (χ1v) is 39.2. The van der Waals surface area contributed by atoms with Gasteiger partial charge in [-0.2, -0.15) is 96.0 Å². The summed E-state index contributed by atoms with van der Waals surface area (Å²) in [6, 6.07) is 33.3. The number of pyridine rings is 6. The molecule has 13 N–H and O–H groups in total. The molecular weight excluding hydrogens is 1850 g/mol. The maximum atomic E-state index is 12.6. The fourth-order valence-electron chi connectivity index (χ4n) is 12.2. The summed E-state index contributed by atoms with van der Waals surface area (Å²) >= 11 is 0. The minimum Gasteiger partial charge on any atom is -0.494 e. The molecule has 0 aliphatic carbocycles. The molecule has 0 unspecified atom stereocenters. The molecule has 59 nitrogen and oxygen atoms in total. The normalized spacial score (nSPS) is 10.8. The highest BCUT2D eigenvalue weighted by atomic mass is 16.3. The Balaban J connectivity index is 0.000000159. The van der Waals surface area contributed by atoms with Crippen LogP contribution in [0.2, 0.25) is 0 Å². The lowest BCUT2D eigenvalue weighted by Crippen LogP contribution is -2.27. The van der Waals surface area contributed by atoms with Crippen molar-refractivity contribution in [1.29, 1.82) is 42.1 Å². The highest BCUT2D eigenvalue weighted by Gasteiger charge is 2.28. The van der Waals surface area contributed by atoms with Gasteiger partial charge in [0.1, 0.15) is 104 Å². The molecular formula is C83H57N45O14. The van der Waals surface area contributed by atoms with Gasteiger partial charge >= 0.3 is 11.4 Å². The third-order valence-corrected chi connectivity index (χ3v) is 19.3. The second kappa shape index (κ2) is 42.8. The molecule has 0 aliphatic heterocycles. The van der Waals surface area contributed by atoms with Crippen LogP contribution in [-0.2, 0) is 21.1 Å². The zero-order chi connectivity index (χ0) is 103.